The summed E-state index contributed by atoms with van der Waals surface area (Å²) in [6, 6.07) is -0.861. The summed E-state index contributed by atoms with van der Waals surface area (Å²) in [6.07, 6.45) is 8.68. The number of hydrogen-bond acceptors (Lipinski definition) is 11. The molecular weight excluding hydrogens is 787 g/mol. The molecule has 0 saturated carbocycles. The van der Waals surface area contributed by atoms with Gasteiger partial charge in [0.1, 0.15) is 5.82 Å². The number of imidazole rings is 2. The molecule has 0 aromatic carbocycles. The average Bonchev–Trinajstić information content (AvgIpc) is 3.73. The third-order valence-electron chi connectivity index (χ3n) is 10.2. The molecule has 0 radical (unpaired) electrons. The minimum absolute atomic E-state index is 0. The summed E-state index contributed by atoms with van der Waals surface area (Å²) in [5, 5.41) is 17.9. The van der Waals surface area contributed by atoms with Gasteiger partial charge < -0.3 is 31.2 Å². The molecule has 2 amide bonds. The first-order valence-corrected chi connectivity index (χ1v) is 21.1. The minimum Gasteiger partial charge on any atom is -0.352 e. The zero-order valence-electron chi connectivity index (χ0n) is 41.3. The third-order valence-corrected chi connectivity index (χ3v) is 10.2. The van der Waals surface area contributed by atoms with Gasteiger partial charge in [0.05, 0.1) is 18.6 Å². The van der Waals surface area contributed by atoms with Gasteiger partial charge in [0.2, 0.25) is 11.8 Å². The van der Waals surface area contributed by atoms with E-state index in [0.717, 1.165) is 18.2 Å². The minimum atomic E-state index is -1.00. The van der Waals surface area contributed by atoms with Crippen LogP contribution in [-0.4, -0.2) is 97.8 Å². The van der Waals surface area contributed by atoms with Crippen molar-refractivity contribution >= 4 is 37.3 Å². The molecule has 0 aliphatic rings. The van der Waals surface area contributed by atoms with Crippen LogP contribution in [-0.2, 0) is 39.7 Å². The third kappa shape index (κ3) is 28.5. The maximum absolute atomic E-state index is 12.5. The average molecular weight is 877 g/mol. The first-order valence-electron chi connectivity index (χ1n) is 21.1. The molecule has 62 heavy (non-hydrogen) atoms. The summed E-state index contributed by atoms with van der Waals surface area (Å²) in [4.78, 5) is 56.1. The normalized spacial score (nSPS) is 14.3. The number of carbonyl (C=O) groups excluding carboxylic acids is 3. The Balaban J connectivity index is -0.000000359. The smallest absolute Gasteiger partial charge is 0.237 e. The molecule has 8 N–H and O–H groups in total. The molecule has 17 heteroatoms. The molecule has 2 aromatic rings. The number of aliphatic imine (C=N–C) groups is 1. The van der Waals surface area contributed by atoms with Crippen molar-refractivity contribution in [2.24, 2.45) is 64.6 Å². The summed E-state index contributed by atoms with van der Waals surface area (Å²) in [7, 11) is 4.20. The molecule has 2 heterocycles. The summed E-state index contributed by atoms with van der Waals surface area (Å²) >= 11 is 0. The van der Waals surface area contributed by atoms with Crippen LogP contribution in [0.3, 0.4) is 0 Å². The fourth-order valence-corrected chi connectivity index (χ4v) is 3.89. The van der Waals surface area contributed by atoms with E-state index >= 15 is 0 Å². The molecule has 2 rings (SSSR count). The first-order chi connectivity index (χ1) is 27.7. The van der Waals surface area contributed by atoms with Gasteiger partial charge in [-0.05, 0) is 48.9 Å². The number of carbonyl (C=O) groups is 4. The van der Waals surface area contributed by atoms with Crippen LogP contribution in [0.4, 0.5) is 0 Å². The predicted molar refractivity (Wildman–Crippen MR) is 255 cm³/mol. The van der Waals surface area contributed by atoms with Crippen LogP contribution in [0.25, 0.3) is 0 Å². The van der Waals surface area contributed by atoms with Crippen molar-refractivity contribution in [3.8, 4) is 0 Å². The summed E-state index contributed by atoms with van der Waals surface area (Å²) < 4.78 is 13.4. The van der Waals surface area contributed by atoms with E-state index in [2.05, 4.69) is 107 Å². The van der Waals surface area contributed by atoms with Gasteiger partial charge in [-0.1, -0.05) is 97.4 Å². The van der Waals surface area contributed by atoms with Gasteiger partial charge in [0.15, 0.2) is 12.1 Å². The van der Waals surface area contributed by atoms with Crippen molar-refractivity contribution < 1.29 is 29.0 Å². The molecule has 0 aliphatic carbocycles. The summed E-state index contributed by atoms with van der Waals surface area (Å²) in [5.41, 5.74) is 11.7. The topological polar surface area (TPSA) is 242 Å². The SMILES string of the molecule is C.CC(C)[C@H](N)C(=O)N[C@H](C)C(C)(C)C.CC(C)[C@H](N=CB=O)C(=O)O.CC(C)[C@H](NCc1nccn1C)C(=O)N[C@H](C)C(C)(C)C.C[C@@H](N)C(C)(C)C.Cn1ccnc1C=O. The Morgan fingerprint density at radius 1 is 0.758 bits per heavy atom. The van der Waals surface area contributed by atoms with Crippen molar-refractivity contribution in [3.63, 3.8) is 0 Å². The monoisotopic (exact) mass is 877 g/mol. The Kier molecular flexibility index (Phi) is 32.1. The molecule has 2 aromatic heterocycles. The van der Waals surface area contributed by atoms with Gasteiger partial charge in [0.25, 0.3) is 0 Å². The predicted octanol–water partition coefficient (Wildman–Crippen LogP) is 6.03. The number of carboxylic acid groups (broad SMARTS) is 1. The molecule has 0 fully saturated rings. The second-order valence-corrected chi connectivity index (χ2v) is 19.6. The number of rotatable bonds is 14. The Morgan fingerprint density at radius 2 is 1.19 bits per heavy atom. The maximum atomic E-state index is 12.5. The number of aliphatic carboxylic acids is 1. The Bertz CT molecular complexity index is 1580. The van der Waals surface area contributed by atoms with Gasteiger partial charge in [-0.3, -0.25) is 19.7 Å². The fraction of sp³-hybridized carbons (Fsp3) is 0.756. The second kappa shape index (κ2) is 30.9. The first kappa shape index (κ1) is 64.5. The second-order valence-electron chi connectivity index (χ2n) is 19.6. The number of nitrogens with two attached hydrogens (primary N) is 2. The van der Waals surface area contributed by atoms with E-state index in [-0.39, 0.29) is 71.4 Å². The van der Waals surface area contributed by atoms with E-state index in [1.165, 1.54) is 0 Å². The largest absolute Gasteiger partial charge is 0.352 e. The Morgan fingerprint density at radius 3 is 1.47 bits per heavy atom. The number of aromatic nitrogens is 4. The van der Waals surface area contributed by atoms with Crippen LogP contribution in [0.1, 0.15) is 148 Å². The molecule has 0 aliphatic heterocycles. The van der Waals surface area contributed by atoms with Crippen LogP contribution < -0.4 is 27.4 Å². The van der Waals surface area contributed by atoms with Gasteiger partial charge in [-0.15, -0.1) is 0 Å². The molecule has 0 unspecified atom stereocenters. The van der Waals surface area contributed by atoms with Crippen LogP contribution in [0.15, 0.2) is 29.8 Å². The van der Waals surface area contributed by atoms with Crippen LogP contribution in [0.2, 0.25) is 0 Å². The number of aldehydes is 1. The van der Waals surface area contributed by atoms with Crippen molar-refractivity contribution in [3.05, 3.63) is 36.4 Å². The van der Waals surface area contributed by atoms with Crippen LogP contribution >= 0.6 is 0 Å². The number of nitrogens with one attached hydrogen (secondary N) is 3. The number of aryl methyl sites for hydroxylation is 2. The van der Waals surface area contributed by atoms with E-state index < -0.39 is 18.1 Å². The van der Waals surface area contributed by atoms with Crippen molar-refractivity contribution in [1.82, 2.24) is 35.1 Å². The van der Waals surface area contributed by atoms with Crippen molar-refractivity contribution in [2.45, 2.75) is 175 Å². The Labute approximate surface area is 376 Å². The molecule has 358 valence electrons. The summed E-state index contributed by atoms with van der Waals surface area (Å²) in [5.74, 6) is 0.702. The van der Waals surface area contributed by atoms with E-state index in [1.807, 2.05) is 52.4 Å². The molecule has 0 saturated heterocycles. The fourth-order valence-electron chi connectivity index (χ4n) is 3.89. The Hall–Kier alpha value is -4.09. The van der Waals surface area contributed by atoms with Crippen LogP contribution in [0.5, 0.6) is 0 Å². The number of nitrogens with zero attached hydrogens (tertiary/aromatic N) is 5. The number of hydrogen-bond donors (Lipinski definition) is 6. The van der Waals surface area contributed by atoms with Crippen molar-refractivity contribution in [1.29, 1.82) is 0 Å². The zero-order chi connectivity index (χ0) is 48.6. The molecular formula is C45H89BN10O6. The van der Waals surface area contributed by atoms with E-state index in [9.17, 15) is 23.9 Å². The van der Waals surface area contributed by atoms with Gasteiger partial charge in [0, 0.05) is 57.0 Å². The van der Waals surface area contributed by atoms with E-state index in [1.54, 1.807) is 44.1 Å². The standard InChI is InChI=1S/C16H30N4O.C11H24N2O.C6H10BNO3.C6H15N.C5H6N2O.CH4/c1-11(2)14(15(21)19-12(3)16(4,5)6)18-10-13-17-8-9-20(13)7;1-7(2)9(12)10(14)13-8(3)11(4,5)6;1-4(2)5(6(9)10)8-3-7-11;1-5(7)6(2,3)4;1-7-3-2-6-5(7)4-8;/h8-9,11-12,14,18H,10H2,1-7H3,(H,19,21);7-9H,12H2,1-6H3,(H,13,14);3-5H,1-2H3,(H,9,10);5H,7H2,1-4H3;2-4H,1H3;1H4/t12-,14+;8-,9+;2*5-;;/m1101../s1. The maximum Gasteiger partial charge on any atom is 0.237 e. The van der Waals surface area contributed by atoms with Gasteiger partial charge >= 0.3 is 64.6 Å². The quantitative estimate of drug-likeness (QED) is 0.0728. The van der Waals surface area contributed by atoms with Crippen molar-refractivity contribution in [2.75, 3.05) is 0 Å². The molecule has 6 atom stereocenters. The van der Waals surface area contributed by atoms with Gasteiger partial charge in [-0.2, -0.15) is 0 Å². The van der Waals surface area contributed by atoms with E-state index in [4.69, 9.17) is 16.6 Å². The molecule has 0 spiro atoms. The van der Waals surface area contributed by atoms with Crippen LogP contribution in [0, 0.1) is 34.0 Å². The number of carboxylic acids is 1. The summed E-state index contributed by atoms with van der Waals surface area (Å²) in [6.45, 7) is 37.2. The van der Waals surface area contributed by atoms with E-state index in [0.29, 0.717) is 25.6 Å². The van der Waals surface area contributed by atoms with Gasteiger partial charge in [-0.25, -0.2) is 9.97 Å². The molecule has 16 nitrogen and oxygen atoms in total. The zero-order valence-corrected chi connectivity index (χ0v) is 41.3. The molecule has 0 bridgehead atoms. The number of amides is 2.